The average Bonchev–Trinajstić information content (AvgIpc) is 2.65. The van der Waals surface area contributed by atoms with Gasteiger partial charge in [0.25, 0.3) is 0 Å². The average molecular weight is 340 g/mol. The molecule has 2 aromatic carbocycles. The van der Waals surface area contributed by atoms with Crippen LogP contribution in [-0.4, -0.2) is 41.6 Å². The third-order valence-corrected chi connectivity index (χ3v) is 3.74. The molecular formula is C18H17FN4O2. The van der Waals surface area contributed by atoms with Crippen molar-refractivity contribution in [1.29, 1.82) is 5.41 Å². The van der Waals surface area contributed by atoms with Crippen LogP contribution in [0, 0.1) is 11.2 Å². The van der Waals surface area contributed by atoms with Crippen molar-refractivity contribution in [2.24, 2.45) is 0 Å². The molecule has 0 amide bonds. The first-order valence-electron chi connectivity index (χ1n) is 7.66. The molecule has 3 aromatic rings. The molecule has 0 aliphatic carbocycles. The number of ether oxygens (including phenoxy) is 1. The Morgan fingerprint density at radius 2 is 2.12 bits per heavy atom. The van der Waals surface area contributed by atoms with Gasteiger partial charge in [0, 0.05) is 29.6 Å². The predicted molar refractivity (Wildman–Crippen MR) is 94.9 cm³/mol. The van der Waals surface area contributed by atoms with Gasteiger partial charge in [0.2, 0.25) is 0 Å². The monoisotopic (exact) mass is 340 g/mol. The van der Waals surface area contributed by atoms with Gasteiger partial charge in [-0.25, -0.2) is 9.37 Å². The molecule has 0 saturated heterocycles. The Labute approximate surface area is 143 Å². The number of halogens is 1. The number of nitrogens with zero attached hydrogens (tertiary/aromatic N) is 2. The number of fused-ring (bicyclic) bond motifs is 1. The maximum absolute atomic E-state index is 13.9. The highest BCUT2D eigenvalue weighted by Crippen LogP contribution is 2.26. The summed E-state index contributed by atoms with van der Waals surface area (Å²) < 4.78 is 18.8. The first kappa shape index (κ1) is 16.8. The molecule has 0 atom stereocenters. The number of anilines is 1. The molecule has 128 valence electrons. The summed E-state index contributed by atoms with van der Waals surface area (Å²) in [6.07, 6.45) is 2.78. The zero-order valence-electron chi connectivity index (χ0n) is 13.6. The second kappa shape index (κ2) is 7.23. The van der Waals surface area contributed by atoms with Gasteiger partial charge in [-0.3, -0.25) is 4.98 Å². The van der Waals surface area contributed by atoms with Crippen molar-refractivity contribution >= 4 is 22.9 Å². The predicted octanol–water partition coefficient (Wildman–Crippen LogP) is 2.85. The number of aliphatic hydroxyl groups is 1. The summed E-state index contributed by atoms with van der Waals surface area (Å²) in [7, 11) is 1.41. The summed E-state index contributed by atoms with van der Waals surface area (Å²) in [5.41, 5.74) is 3.70. The van der Waals surface area contributed by atoms with Gasteiger partial charge in [0.1, 0.15) is 0 Å². The lowest BCUT2D eigenvalue weighted by Crippen LogP contribution is -2.07. The van der Waals surface area contributed by atoms with Crippen LogP contribution in [-0.2, 0) is 0 Å². The molecule has 0 radical (unpaired) electrons. The molecule has 1 heterocycles. The van der Waals surface area contributed by atoms with Crippen molar-refractivity contribution in [1.82, 2.24) is 9.97 Å². The van der Waals surface area contributed by atoms with Gasteiger partial charge in [0.05, 0.1) is 36.6 Å². The van der Waals surface area contributed by atoms with Crippen LogP contribution in [0.1, 0.15) is 5.56 Å². The molecule has 0 spiro atoms. The van der Waals surface area contributed by atoms with E-state index in [1.54, 1.807) is 30.5 Å². The SMILES string of the molecule is COc1ccc(-c2cnc3cc(C=N)c(NCCO)cc3n2)cc1F. The Hall–Kier alpha value is -3.06. The number of rotatable bonds is 6. The highest BCUT2D eigenvalue weighted by atomic mass is 19.1. The van der Waals surface area contributed by atoms with Crippen LogP contribution < -0.4 is 10.1 Å². The standard InChI is InChI=1S/C18H17FN4O2/c1-25-18-3-2-11(6-13(18)19)17-10-22-15-7-12(9-20)14(21-4-5-24)8-16(15)23-17/h2-3,6-10,20-21,24H,4-5H2,1H3. The summed E-state index contributed by atoms with van der Waals surface area (Å²) in [4.78, 5) is 8.90. The minimum atomic E-state index is -0.466. The van der Waals surface area contributed by atoms with E-state index in [4.69, 9.17) is 15.3 Å². The quantitative estimate of drug-likeness (QED) is 0.600. The lowest BCUT2D eigenvalue weighted by Gasteiger charge is -2.10. The fourth-order valence-electron chi connectivity index (χ4n) is 2.50. The number of benzene rings is 2. The van der Waals surface area contributed by atoms with Crippen molar-refractivity contribution in [3.63, 3.8) is 0 Å². The molecule has 1 aromatic heterocycles. The Morgan fingerprint density at radius 1 is 1.28 bits per heavy atom. The van der Waals surface area contributed by atoms with E-state index in [1.807, 2.05) is 0 Å². The zero-order chi connectivity index (χ0) is 17.8. The topological polar surface area (TPSA) is 91.1 Å². The van der Waals surface area contributed by atoms with Crippen LogP contribution in [0.4, 0.5) is 10.1 Å². The molecule has 0 fully saturated rings. The van der Waals surface area contributed by atoms with E-state index >= 15 is 0 Å². The largest absolute Gasteiger partial charge is 0.494 e. The normalized spacial score (nSPS) is 10.7. The van der Waals surface area contributed by atoms with Crippen molar-refractivity contribution in [3.05, 3.63) is 47.9 Å². The smallest absolute Gasteiger partial charge is 0.165 e. The maximum atomic E-state index is 13.9. The molecule has 0 aliphatic heterocycles. The van der Waals surface area contributed by atoms with Crippen molar-refractivity contribution in [2.75, 3.05) is 25.6 Å². The summed E-state index contributed by atoms with van der Waals surface area (Å²) in [5, 5.41) is 19.5. The highest BCUT2D eigenvalue weighted by Gasteiger charge is 2.10. The van der Waals surface area contributed by atoms with E-state index in [2.05, 4.69) is 15.3 Å². The Kier molecular flexibility index (Phi) is 4.85. The summed E-state index contributed by atoms with van der Waals surface area (Å²) in [6, 6.07) is 8.12. The minimum Gasteiger partial charge on any atom is -0.494 e. The van der Waals surface area contributed by atoms with E-state index in [0.717, 1.165) is 0 Å². The molecule has 25 heavy (non-hydrogen) atoms. The molecule has 6 nitrogen and oxygen atoms in total. The molecule has 7 heteroatoms. The van der Waals surface area contributed by atoms with E-state index < -0.39 is 5.82 Å². The molecule has 0 unspecified atom stereocenters. The molecule has 0 saturated carbocycles. The number of methoxy groups -OCH3 is 1. The molecular weight excluding hydrogens is 323 g/mol. The number of hydrogen-bond acceptors (Lipinski definition) is 6. The lowest BCUT2D eigenvalue weighted by atomic mass is 10.1. The maximum Gasteiger partial charge on any atom is 0.165 e. The number of aliphatic hydroxyl groups excluding tert-OH is 1. The van der Waals surface area contributed by atoms with Gasteiger partial charge in [-0.2, -0.15) is 0 Å². The fourth-order valence-corrected chi connectivity index (χ4v) is 2.50. The van der Waals surface area contributed by atoms with Gasteiger partial charge in [-0.1, -0.05) is 0 Å². The third-order valence-electron chi connectivity index (χ3n) is 3.74. The second-order valence-corrected chi connectivity index (χ2v) is 5.33. The van der Waals surface area contributed by atoms with Crippen molar-refractivity contribution in [2.45, 2.75) is 0 Å². The number of hydrogen-bond donors (Lipinski definition) is 3. The van der Waals surface area contributed by atoms with E-state index in [1.165, 1.54) is 19.4 Å². The van der Waals surface area contributed by atoms with Crippen LogP contribution >= 0.6 is 0 Å². The molecule has 3 rings (SSSR count). The first-order chi connectivity index (χ1) is 12.2. The van der Waals surface area contributed by atoms with Crippen molar-refractivity contribution < 1.29 is 14.2 Å². The van der Waals surface area contributed by atoms with Crippen LogP contribution in [0.15, 0.2) is 36.5 Å². The highest BCUT2D eigenvalue weighted by molar-refractivity contribution is 5.94. The molecule has 0 bridgehead atoms. The van der Waals surface area contributed by atoms with Gasteiger partial charge >= 0.3 is 0 Å². The third kappa shape index (κ3) is 3.41. The minimum absolute atomic E-state index is 0.0215. The molecule has 0 aliphatic rings. The van der Waals surface area contributed by atoms with Gasteiger partial charge < -0.3 is 20.6 Å². The van der Waals surface area contributed by atoms with Gasteiger partial charge in [-0.15, -0.1) is 0 Å². The Balaban J connectivity index is 2.06. The van der Waals surface area contributed by atoms with E-state index in [-0.39, 0.29) is 12.4 Å². The Morgan fingerprint density at radius 3 is 2.80 bits per heavy atom. The van der Waals surface area contributed by atoms with E-state index in [0.29, 0.717) is 40.1 Å². The van der Waals surface area contributed by atoms with Gasteiger partial charge in [-0.05, 0) is 30.3 Å². The number of aromatic nitrogens is 2. The first-order valence-corrected chi connectivity index (χ1v) is 7.66. The van der Waals surface area contributed by atoms with Crippen LogP contribution in [0.5, 0.6) is 5.75 Å². The summed E-state index contributed by atoms with van der Waals surface area (Å²) in [5.74, 6) is -0.296. The summed E-state index contributed by atoms with van der Waals surface area (Å²) in [6.45, 7) is 0.343. The second-order valence-electron chi connectivity index (χ2n) is 5.33. The van der Waals surface area contributed by atoms with Crippen molar-refractivity contribution in [3.8, 4) is 17.0 Å². The van der Waals surface area contributed by atoms with Crippen LogP contribution in [0.2, 0.25) is 0 Å². The van der Waals surface area contributed by atoms with Crippen LogP contribution in [0.25, 0.3) is 22.3 Å². The van der Waals surface area contributed by atoms with Gasteiger partial charge in [0.15, 0.2) is 11.6 Å². The lowest BCUT2D eigenvalue weighted by molar-refractivity contribution is 0.311. The fraction of sp³-hybridized carbons (Fsp3) is 0.167. The number of nitrogens with one attached hydrogen (secondary N) is 2. The van der Waals surface area contributed by atoms with Crippen LogP contribution in [0.3, 0.4) is 0 Å². The Bertz CT molecular complexity index is 930. The zero-order valence-corrected chi connectivity index (χ0v) is 13.6. The summed E-state index contributed by atoms with van der Waals surface area (Å²) >= 11 is 0. The molecule has 3 N–H and O–H groups in total. The van der Waals surface area contributed by atoms with E-state index in [9.17, 15) is 4.39 Å².